The number of ether oxygens (including phenoxy) is 1. The molecule has 1 aromatic heterocycles. The summed E-state index contributed by atoms with van der Waals surface area (Å²) < 4.78 is 5.07. The zero-order valence-electron chi connectivity index (χ0n) is 10.9. The van der Waals surface area contributed by atoms with Crippen LogP contribution in [0, 0.1) is 17.8 Å². The standard InChI is InChI=1S/C14H15N3O3/c18-12(17-14-15-4-1-5-16-14)8-20-13(19)11-7-9-2-3-10(11)6-9/h1-5,9-11H,6-8H2,(H,15,16,17,18)/t9-,10-,11-/m0/s1. The number of nitrogens with zero attached hydrogens (tertiary/aromatic N) is 2. The maximum absolute atomic E-state index is 11.9. The van der Waals surface area contributed by atoms with Gasteiger partial charge in [-0.15, -0.1) is 0 Å². The molecule has 0 saturated heterocycles. The Bertz CT molecular complexity index is 544. The van der Waals surface area contributed by atoms with E-state index in [0.717, 1.165) is 12.8 Å². The Labute approximate surface area is 116 Å². The van der Waals surface area contributed by atoms with E-state index < -0.39 is 5.91 Å². The van der Waals surface area contributed by atoms with Gasteiger partial charge in [0.2, 0.25) is 5.95 Å². The molecule has 0 aromatic carbocycles. The fourth-order valence-electron chi connectivity index (χ4n) is 2.82. The van der Waals surface area contributed by atoms with Crippen molar-refractivity contribution in [2.24, 2.45) is 17.8 Å². The van der Waals surface area contributed by atoms with Crippen LogP contribution in [0.25, 0.3) is 0 Å². The molecule has 104 valence electrons. The second-order valence-electron chi connectivity index (χ2n) is 5.12. The summed E-state index contributed by atoms with van der Waals surface area (Å²) in [6, 6.07) is 1.65. The number of amides is 1. The first-order valence-corrected chi connectivity index (χ1v) is 6.64. The van der Waals surface area contributed by atoms with Gasteiger partial charge in [-0.2, -0.15) is 0 Å². The minimum absolute atomic E-state index is 0.0919. The van der Waals surface area contributed by atoms with E-state index in [1.54, 1.807) is 6.07 Å². The summed E-state index contributed by atoms with van der Waals surface area (Å²) in [6.07, 6.45) is 9.16. The van der Waals surface area contributed by atoms with Crippen molar-refractivity contribution < 1.29 is 14.3 Å². The Balaban J connectivity index is 1.46. The first kappa shape index (κ1) is 12.8. The third kappa shape index (κ3) is 2.68. The molecule has 2 bridgehead atoms. The predicted octanol–water partition coefficient (Wildman–Crippen LogP) is 1.17. The SMILES string of the molecule is O=C(COC(=O)[C@H]1C[C@H]2C=C[C@H]1C2)Nc1ncccn1. The quantitative estimate of drug-likeness (QED) is 0.658. The van der Waals surface area contributed by atoms with Crippen LogP contribution >= 0.6 is 0 Å². The fourth-order valence-corrected chi connectivity index (χ4v) is 2.82. The van der Waals surface area contributed by atoms with Gasteiger partial charge in [-0.05, 0) is 30.7 Å². The molecule has 0 radical (unpaired) electrons. The van der Waals surface area contributed by atoms with Crippen molar-refractivity contribution in [3.8, 4) is 0 Å². The number of carbonyl (C=O) groups excluding carboxylic acids is 2. The highest BCUT2D eigenvalue weighted by Crippen LogP contribution is 2.43. The van der Waals surface area contributed by atoms with E-state index >= 15 is 0 Å². The number of esters is 1. The normalized spacial score (nSPS) is 26.5. The molecule has 6 nitrogen and oxygen atoms in total. The van der Waals surface area contributed by atoms with Gasteiger partial charge in [0.1, 0.15) is 0 Å². The van der Waals surface area contributed by atoms with E-state index in [9.17, 15) is 9.59 Å². The van der Waals surface area contributed by atoms with E-state index in [1.165, 1.54) is 12.4 Å². The highest BCUT2D eigenvalue weighted by atomic mass is 16.5. The topological polar surface area (TPSA) is 81.2 Å². The molecule has 1 fully saturated rings. The number of allylic oxidation sites excluding steroid dienone is 2. The summed E-state index contributed by atoms with van der Waals surface area (Å²) in [5.74, 6) is 0.188. The number of fused-ring (bicyclic) bond motifs is 2. The average molecular weight is 273 g/mol. The fraction of sp³-hybridized carbons (Fsp3) is 0.429. The number of hydrogen-bond acceptors (Lipinski definition) is 5. The van der Waals surface area contributed by atoms with Gasteiger partial charge in [-0.25, -0.2) is 9.97 Å². The molecule has 1 N–H and O–H groups in total. The Hall–Kier alpha value is -2.24. The van der Waals surface area contributed by atoms with Crippen molar-refractivity contribution in [2.45, 2.75) is 12.8 Å². The van der Waals surface area contributed by atoms with Gasteiger partial charge < -0.3 is 4.74 Å². The smallest absolute Gasteiger partial charge is 0.310 e. The Morgan fingerprint density at radius 3 is 2.70 bits per heavy atom. The maximum Gasteiger partial charge on any atom is 0.310 e. The molecule has 1 saturated carbocycles. The lowest BCUT2D eigenvalue weighted by Crippen LogP contribution is -2.27. The minimum Gasteiger partial charge on any atom is -0.455 e. The van der Waals surface area contributed by atoms with Crippen molar-refractivity contribution in [1.82, 2.24) is 9.97 Å². The van der Waals surface area contributed by atoms with E-state index in [4.69, 9.17) is 4.74 Å². The first-order valence-electron chi connectivity index (χ1n) is 6.64. The summed E-state index contributed by atoms with van der Waals surface area (Å²) in [7, 11) is 0. The van der Waals surface area contributed by atoms with Gasteiger partial charge in [0.05, 0.1) is 5.92 Å². The molecule has 2 aliphatic carbocycles. The summed E-state index contributed by atoms with van der Waals surface area (Å²) >= 11 is 0. The van der Waals surface area contributed by atoms with Crippen LogP contribution in [0.4, 0.5) is 5.95 Å². The van der Waals surface area contributed by atoms with Gasteiger partial charge in [0.15, 0.2) is 6.61 Å². The lowest BCUT2D eigenvalue weighted by molar-refractivity contribution is -0.152. The summed E-state index contributed by atoms with van der Waals surface area (Å²) in [5, 5.41) is 2.47. The highest BCUT2D eigenvalue weighted by Gasteiger charge is 2.40. The molecular weight excluding hydrogens is 258 g/mol. The molecular formula is C14H15N3O3. The molecule has 20 heavy (non-hydrogen) atoms. The highest BCUT2D eigenvalue weighted by molar-refractivity contribution is 5.91. The van der Waals surface area contributed by atoms with Gasteiger partial charge in [-0.3, -0.25) is 14.9 Å². The number of hydrogen-bond donors (Lipinski definition) is 1. The molecule has 0 unspecified atom stereocenters. The van der Waals surface area contributed by atoms with E-state index in [-0.39, 0.29) is 30.4 Å². The molecule has 0 aliphatic heterocycles. The van der Waals surface area contributed by atoms with Gasteiger partial charge >= 0.3 is 5.97 Å². The van der Waals surface area contributed by atoms with Crippen LogP contribution in [-0.4, -0.2) is 28.5 Å². The molecule has 2 aliphatic rings. The number of aromatic nitrogens is 2. The van der Waals surface area contributed by atoms with E-state index in [2.05, 4.69) is 27.4 Å². The Morgan fingerprint density at radius 2 is 2.05 bits per heavy atom. The lowest BCUT2D eigenvalue weighted by atomic mass is 9.94. The molecule has 1 amide bonds. The Kier molecular flexibility index (Phi) is 3.45. The minimum atomic E-state index is -0.428. The average Bonchev–Trinajstić information content (AvgIpc) is 3.08. The first-order chi connectivity index (χ1) is 9.72. The van der Waals surface area contributed by atoms with Crippen LogP contribution in [0.15, 0.2) is 30.6 Å². The second kappa shape index (κ2) is 5.40. The molecule has 1 heterocycles. The van der Waals surface area contributed by atoms with E-state index in [0.29, 0.717) is 5.92 Å². The van der Waals surface area contributed by atoms with Crippen molar-refractivity contribution in [3.63, 3.8) is 0 Å². The summed E-state index contributed by atoms with van der Waals surface area (Å²) in [5.41, 5.74) is 0. The second-order valence-corrected chi connectivity index (χ2v) is 5.12. The molecule has 3 atom stereocenters. The van der Waals surface area contributed by atoms with Crippen molar-refractivity contribution >= 4 is 17.8 Å². The number of rotatable bonds is 4. The third-order valence-electron chi connectivity index (χ3n) is 3.74. The Morgan fingerprint density at radius 1 is 1.25 bits per heavy atom. The molecule has 0 spiro atoms. The van der Waals surface area contributed by atoms with Crippen LogP contribution in [0.5, 0.6) is 0 Å². The monoisotopic (exact) mass is 273 g/mol. The van der Waals surface area contributed by atoms with Crippen LogP contribution < -0.4 is 5.32 Å². The largest absolute Gasteiger partial charge is 0.455 e. The molecule has 3 rings (SSSR count). The number of nitrogens with one attached hydrogen (secondary N) is 1. The zero-order chi connectivity index (χ0) is 13.9. The van der Waals surface area contributed by atoms with Crippen LogP contribution in [0.1, 0.15) is 12.8 Å². The predicted molar refractivity (Wildman–Crippen MR) is 70.5 cm³/mol. The number of anilines is 1. The van der Waals surface area contributed by atoms with Crippen molar-refractivity contribution in [1.29, 1.82) is 0 Å². The van der Waals surface area contributed by atoms with Crippen LogP contribution in [-0.2, 0) is 14.3 Å². The zero-order valence-corrected chi connectivity index (χ0v) is 10.9. The van der Waals surface area contributed by atoms with Crippen molar-refractivity contribution in [2.75, 3.05) is 11.9 Å². The maximum atomic E-state index is 11.9. The van der Waals surface area contributed by atoms with Gasteiger partial charge in [0, 0.05) is 12.4 Å². The van der Waals surface area contributed by atoms with Crippen molar-refractivity contribution in [3.05, 3.63) is 30.6 Å². The van der Waals surface area contributed by atoms with Crippen LogP contribution in [0.3, 0.4) is 0 Å². The lowest BCUT2D eigenvalue weighted by Gasteiger charge is -2.16. The summed E-state index contributed by atoms with van der Waals surface area (Å²) in [6.45, 7) is -0.297. The van der Waals surface area contributed by atoms with Gasteiger partial charge in [0.25, 0.3) is 5.91 Å². The summed E-state index contributed by atoms with van der Waals surface area (Å²) in [4.78, 5) is 31.3. The van der Waals surface area contributed by atoms with Gasteiger partial charge in [-0.1, -0.05) is 12.2 Å². The molecule has 1 aromatic rings. The van der Waals surface area contributed by atoms with E-state index in [1.807, 2.05) is 0 Å². The molecule has 6 heteroatoms. The van der Waals surface area contributed by atoms with Crippen LogP contribution in [0.2, 0.25) is 0 Å². The number of carbonyl (C=O) groups is 2. The third-order valence-corrected chi connectivity index (χ3v) is 3.74.